The molecule has 3 aromatic rings. The lowest BCUT2D eigenvalue weighted by Crippen LogP contribution is -2.43. The summed E-state index contributed by atoms with van der Waals surface area (Å²) in [6, 6.07) is 9.54. The van der Waals surface area contributed by atoms with Crippen molar-refractivity contribution in [2.75, 3.05) is 18.0 Å². The predicted octanol–water partition coefficient (Wildman–Crippen LogP) is 3.18. The second-order valence-electron chi connectivity index (χ2n) is 6.39. The molecular weight excluding hydrogens is 324 g/mol. The van der Waals surface area contributed by atoms with Crippen LogP contribution in [0.3, 0.4) is 0 Å². The first-order valence-electron chi connectivity index (χ1n) is 8.10. The van der Waals surface area contributed by atoms with Gasteiger partial charge in [-0.2, -0.15) is 5.10 Å². The van der Waals surface area contributed by atoms with Crippen molar-refractivity contribution >= 4 is 22.9 Å². The van der Waals surface area contributed by atoms with E-state index in [9.17, 15) is 5.11 Å². The van der Waals surface area contributed by atoms with Crippen LogP contribution in [0.1, 0.15) is 24.1 Å². The van der Waals surface area contributed by atoms with Gasteiger partial charge in [0.25, 0.3) is 0 Å². The molecule has 3 heterocycles. The zero-order valence-corrected chi connectivity index (χ0v) is 14.2. The molecule has 1 saturated heterocycles. The third-order valence-electron chi connectivity index (χ3n) is 4.76. The van der Waals surface area contributed by atoms with Gasteiger partial charge in [-0.3, -0.25) is 0 Å². The molecule has 24 heavy (non-hydrogen) atoms. The second kappa shape index (κ2) is 5.76. The van der Waals surface area contributed by atoms with Crippen molar-refractivity contribution in [3.63, 3.8) is 0 Å². The van der Waals surface area contributed by atoms with Gasteiger partial charge in [0.05, 0.1) is 11.3 Å². The third kappa shape index (κ3) is 2.64. The van der Waals surface area contributed by atoms with Crippen molar-refractivity contribution < 1.29 is 5.11 Å². The Balaban J connectivity index is 1.58. The molecule has 1 aliphatic rings. The van der Waals surface area contributed by atoms with Crippen molar-refractivity contribution in [1.82, 2.24) is 14.6 Å². The van der Waals surface area contributed by atoms with E-state index in [2.05, 4.69) is 15.0 Å². The van der Waals surface area contributed by atoms with Gasteiger partial charge in [-0.05, 0) is 43.5 Å². The minimum Gasteiger partial charge on any atom is -0.385 e. The molecule has 4 rings (SSSR count). The summed E-state index contributed by atoms with van der Waals surface area (Å²) in [5.74, 6) is 0.927. The average molecular weight is 343 g/mol. The van der Waals surface area contributed by atoms with Gasteiger partial charge >= 0.3 is 0 Å². The van der Waals surface area contributed by atoms with Crippen LogP contribution >= 0.6 is 11.6 Å². The summed E-state index contributed by atoms with van der Waals surface area (Å²) in [5.41, 5.74) is 2.10. The Hall–Kier alpha value is -2.11. The first-order chi connectivity index (χ1) is 11.5. The fourth-order valence-electron chi connectivity index (χ4n) is 3.41. The Bertz CT molecular complexity index is 866. The van der Waals surface area contributed by atoms with Crippen LogP contribution in [-0.4, -0.2) is 32.8 Å². The molecule has 6 heteroatoms. The number of halogens is 1. The number of anilines is 1. The fraction of sp³-hybridized carbons (Fsp3) is 0.333. The van der Waals surface area contributed by atoms with Crippen molar-refractivity contribution in [3.05, 3.63) is 59.0 Å². The molecule has 0 aliphatic carbocycles. The van der Waals surface area contributed by atoms with E-state index in [1.807, 2.05) is 48.0 Å². The summed E-state index contributed by atoms with van der Waals surface area (Å²) in [4.78, 5) is 6.77. The molecule has 1 N–H and O–H groups in total. The lowest BCUT2D eigenvalue weighted by molar-refractivity contribution is 0.0117. The first kappa shape index (κ1) is 15.4. The molecule has 1 aliphatic heterocycles. The number of aryl methyl sites for hydroxylation is 1. The summed E-state index contributed by atoms with van der Waals surface area (Å²) >= 11 is 5.95. The highest BCUT2D eigenvalue weighted by Crippen LogP contribution is 2.35. The van der Waals surface area contributed by atoms with Crippen molar-refractivity contribution in [2.45, 2.75) is 25.4 Å². The predicted molar refractivity (Wildman–Crippen MR) is 94.5 cm³/mol. The van der Waals surface area contributed by atoms with Crippen LogP contribution in [-0.2, 0) is 5.60 Å². The van der Waals surface area contributed by atoms with Crippen molar-refractivity contribution in [2.24, 2.45) is 0 Å². The van der Waals surface area contributed by atoms with Gasteiger partial charge in [-0.25, -0.2) is 9.50 Å². The van der Waals surface area contributed by atoms with E-state index in [4.69, 9.17) is 11.6 Å². The van der Waals surface area contributed by atoms with E-state index in [1.54, 1.807) is 6.20 Å². The highest BCUT2D eigenvalue weighted by atomic mass is 35.5. The summed E-state index contributed by atoms with van der Waals surface area (Å²) in [6.45, 7) is 3.47. The average Bonchev–Trinajstić information content (AvgIpc) is 2.96. The Morgan fingerprint density at radius 2 is 1.88 bits per heavy atom. The minimum atomic E-state index is -0.803. The number of benzene rings is 1. The van der Waals surface area contributed by atoms with Crippen LogP contribution in [0.4, 0.5) is 5.82 Å². The summed E-state index contributed by atoms with van der Waals surface area (Å²) < 4.78 is 1.86. The van der Waals surface area contributed by atoms with E-state index in [0.717, 1.165) is 35.7 Å². The lowest BCUT2D eigenvalue weighted by atomic mass is 9.84. The van der Waals surface area contributed by atoms with Crippen molar-refractivity contribution in [3.8, 4) is 0 Å². The molecule has 0 saturated carbocycles. The Labute approximate surface area is 145 Å². The SMILES string of the molecule is Cc1cc2c(N3CCC(O)(c4ccc(Cl)cc4)CC3)nccn2n1. The van der Waals surface area contributed by atoms with Gasteiger partial charge in [0.2, 0.25) is 0 Å². The number of hydrogen-bond donors (Lipinski definition) is 1. The van der Waals surface area contributed by atoms with Gasteiger partial charge in [0.1, 0.15) is 5.52 Å². The molecule has 1 aromatic carbocycles. The van der Waals surface area contributed by atoms with E-state index < -0.39 is 5.60 Å². The second-order valence-corrected chi connectivity index (χ2v) is 6.83. The molecule has 2 aromatic heterocycles. The largest absolute Gasteiger partial charge is 0.385 e. The summed E-state index contributed by atoms with van der Waals surface area (Å²) in [6.07, 6.45) is 4.95. The fourth-order valence-corrected chi connectivity index (χ4v) is 3.54. The Morgan fingerprint density at radius 3 is 2.58 bits per heavy atom. The quantitative estimate of drug-likeness (QED) is 0.777. The molecule has 0 bridgehead atoms. The van der Waals surface area contributed by atoms with Gasteiger partial charge in [-0.15, -0.1) is 0 Å². The maximum Gasteiger partial charge on any atom is 0.154 e. The number of nitrogens with zero attached hydrogens (tertiary/aromatic N) is 4. The Kier molecular flexibility index (Phi) is 3.70. The molecule has 5 nitrogen and oxygen atoms in total. The number of aliphatic hydroxyl groups is 1. The van der Waals surface area contributed by atoms with Gasteiger partial charge < -0.3 is 10.0 Å². The van der Waals surface area contributed by atoms with Crippen LogP contribution in [0.15, 0.2) is 42.7 Å². The number of piperidine rings is 1. The van der Waals surface area contributed by atoms with Crippen LogP contribution in [0, 0.1) is 6.92 Å². The summed E-state index contributed by atoms with van der Waals surface area (Å²) in [5, 5.41) is 16.1. The number of hydrogen-bond acceptors (Lipinski definition) is 4. The van der Waals surface area contributed by atoms with Gasteiger partial charge in [0, 0.05) is 30.5 Å². The number of fused-ring (bicyclic) bond motifs is 1. The zero-order valence-electron chi connectivity index (χ0n) is 13.5. The molecule has 124 valence electrons. The molecule has 0 atom stereocenters. The maximum atomic E-state index is 11.0. The number of aromatic nitrogens is 3. The smallest absolute Gasteiger partial charge is 0.154 e. The third-order valence-corrected chi connectivity index (χ3v) is 5.02. The van der Waals surface area contributed by atoms with Crippen molar-refractivity contribution in [1.29, 1.82) is 0 Å². The monoisotopic (exact) mass is 342 g/mol. The van der Waals surface area contributed by atoms with Crippen LogP contribution in [0.5, 0.6) is 0 Å². The minimum absolute atomic E-state index is 0.657. The normalized spacial score (nSPS) is 17.4. The van der Waals surface area contributed by atoms with E-state index in [1.165, 1.54) is 0 Å². The van der Waals surface area contributed by atoms with E-state index in [0.29, 0.717) is 17.9 Å². The van der Waals surface area contributed by atoms with Crippen LogP contribution in [0.2, 0.25) is 5.02 Å². The molecule has 0 spiro atoms. The molecule has 0 radical (unpaired) electrons. The molecular formula is C18H19ClN4O. The highest BCUT2D eigenvalue weighted by molar-refractivity contribution is 6.30. The maximum absolute atomic E-state index is 11.0. The van der Waals surface area contributed by atoms with Crippen LogP contribution < -0.4 is 4.90 Å². The summed E-state index contributed by atoms with van der Waals surface area (Å²) in [7, 11) is 0. The molecule has 1 fully saturated rings. The topological polar surface area (TPSA) is 53.7 Å². The molecule has 0 unspecified atom stereocenters. The van der Waals surface area contributed by atoms with Gasteiger partial charge in [-0.1, -0.05) is 23.7 Å². The van der Waals surface area contributed by atoms with Gasteiger partial charge in [0.15, 0.2) is 5.82 Å². The standard InChI is InChI=1S/C18H19ClN4O/c1-13-12-16-17(20-8-11-23(16)21-13)22-9-6-18(24,7-10-22)14-2-4-15(19)5-3-14/h2-5,8,11-12,24H,6-7,9-10H2,1H3. The highest BCUT2D eigenvalue weighted by Gasteiger charge is 2.34. The molecule has 0 amide bonds. The van der Waals surface area contributed by atoms with E-state index in [-0.39, 0.29) is 0 Å². The van der Waals surface area contributed by atoms with E-state index >= 15 is 0 Å². The Morgan fingerprint density at radius 1 is 1.17 bits per heavy atom. The first-order valence-corrected chi connectivity index (χ1v) is 8.47. The zero-order chi connectivity index (χ0) is 16.7. The number of rotatable bonds is 2. The lowest BCUT2D eigenvalue weighted by Gasteiger charge is -2.39. The van der Waals surface area contributed by atoms with Crippen LogP contribution in [0.25, 0.3) is 5.52 Å².